The van der Waals surface area contributed by atoms with Crippen LogP contribution in [0.1, 0.15) is 62.9 Å². The van der Waals surface area contributed by atoms with Gasteiger partial charge in [-0.3, -0.25) is 4.79 Å². The van der Waals surface area contributed by atoms with E-state index in [4.69, 9.17) is 0 Å². The largest absolute Gasteiger partial charge is 0.364 e. The van der Waals surface area contributed by atoms with Crippen LogP contribution in [0.5, 0.6) is 0 Å². The molecule has 0 fully saturated rings. The van der Waals surface area contributed by atoms with E-state index in [-0.39, 0.29) is 11.1 Å². The van der Waals surface area contributed by atoms with Crippen LogP contribution in [0.3, 0.4) is 0 Å². The Labute approximate surface area is 114 Å². The van der Waals surface area contributed by atoms with Crippen LogP contribution in [0, 0.1) is 5.82 Å². The molecule has 1 aliphatic heterocycles. The van der Waals surface area contributed by atoms with E-state index in [2.05, 4.69) is 39.5 Å². The van der Waals surface area contributed by atoms with Crippen molar-refractivity contribution < 1.29 is 9.18 Å². The van der Waals surface area contributed by atoms with Crippen molar-refractivity contribution in [2.75, 3.05) is 4.90 Å². The lowest BCUT2D eigenvalue weighted by molar-refractivity contribution is 0.111. The second kappa shape index (κ2) is 4.62. The quantitative estimate of drug-likeness (QED) is 0.747. The van der Waals surface area contributed by atoms with Crippen molar-refractivity contribution in [1.82, 2.24) is 0 Å². The number of fused-ring (bicyclic) bond motifs is 1. The number of benzene rings is 1. The summed E-state index contributed by atoms with van der Waals surface area (Å²) in [5, 5.41) is 0. The summed E-state index contributed by atoms with van der Waals surface area (Å²) in [4.78, 5) is 13.2. The number of carbonyl (C=O) groups is 1. The number of anilines is 1. The van der Waals surface area contributed by atoms with Crippen LogP contribution in [0.4, 0.5) is 10.1 Å². The zero-order valence-electron chi connectivity index (χ0n) is 12.3. The Kier molecular flexibility index (Phi) is 3.41. The van der Waals surface area contributed by atoms with Gasteiger partial charge in [0.2, 0.25) is 0 Å². The van der Waals surface area contributed by atoms with Crippen LogP contribution in [0.15, 0.2) is 12.1 Å². The molecule has 1 atom stereocenters. The molecule has 0 radical (unpaired) electrons. The summed E-state index contributed by atoms with van der Waals surface area (Å²) in [5.41, 5.74) is 2.17. The molecule has 2 nitrogen and oxygen atoms in total. The lowest BCUT2D eigenvalue weighted by Crippen LogP contribution is -2.51. The van der Waals surface area contributed by atoms with Crippen molar-refractivity contribution in [3.63, 3.8) is 0 Å². The highest BCUT2D eigenvalue weighted by atomic mass is 19.1. The molecular weight excluding hydrogens is 241 g/mol. The molecule has 0 N–H and O–H groups in total. The molecule has 2 rings (SSSR count). The Morgan fingerprint density at radius 3 is 2.58 bits per heavy atom. The van der Waals surface area contributed by atoms with Gasteiger partial charge in [0.15, 0.2) is 6.29 Å². The van der Waals surface area contributed by atoms with Crippen molar-refractivity contribution in [3.8, 4) is 0 Å². The lowest BCUT2D eigenvalue weighted by Gasteiger charge is -2.50. The predicted molar refractivity (Wildman–Crippen MR) is 76.5 cm³/mol. The monoisotopic (exact) mass is 263 g/mol. The molecule has 0 aromatic heterocycles. The van der Waals surface area contributed by atoms with Crippen molar-refractivity contribution in [3.05, 3.63) is 29.1 Å². The average molecular weight is 263 g/mol. The van der Waals surface area contributed by atoms with Gasteiger partial charge in [-0.1, -0.05) is 6.92 Å². The third-order valence-corrected chi connectivity index (χ3v) is 4.04. The first-order chi connectivity index (χ1) is 8.77. The maximum Gasteiger partial charge on any atom is 0.153 e. The van der Waals surface area contributed by atoms with Gasteiger partial charge in [0, 0.05) is 17.3 Å². The van der Waals surface area contributed by atoms with E-state index in [1.165, 1.54) is 6.07 Å². The van der Waals surface area contributed by atoms with E-state index in [9.17, 15) is 9.18 Å². The summed E-state index contributed by atoms with van der Waals surface area (Å²) in [6.45, 7) is 10.8. The maximum atomic E-state index is 13.9. The average Bonchev–Trinajstić information content (AvgIpc) is 2.26. The molecular formula is C16H22FNO. The third-order valence-electron chi connectivity index (χ3n) is 4.04. The topological polar surface area (TPSA) is 20.3 Å². The Balaban J connectivity index is 2.65. The van der Waals surface area contributed by atoms with Crippen molar-refractivity contribution in [2.45, 2.75) is 58.5 Å². The van der Waals surface area contributed by atoms with Gasteiger partial charge in [-0.15, -0.1) is 0 Å². The highest BCUT2D eigenvalue weighted by molar-refractivity contribution is 5.78. The Morgan fingerprint density at radius 2 is 2.05 bits per heavy atom. The molecule has 1 unspecified atom stereocenters. The van der Waals surface area contributed by atoms with Gasteiger partial charge >= 0.3 is 0 Å². The molecule has 1 aliphatic rings. The summed E-state index contributed by atoms with van der Waals surface area (Å²) in [5.74, 6) is -0.0939. The minimum absolute atomic E-state index is 0.00425. The number of carbonyl (C=O) groups excluding carboxylic acids is 1. The third kappa shape index (κ3) is 2.26. The van der Waals surface area contributed by atoms with Gasteiger partial charge in [-0.05, 0) is 57.7 Å². The molecule has 3 heteroatoms. The molecule has 0 aliphatic carbocycles. The normalized spacial score (nSPS) is 21.4. The van der Waals surface area contributed by atoms with Crippen LogP contribution < -0.4 is 4.90 Å². The van der Waals surface area contributed by atoms with E-state index >= 15 is 0 Å². The van der Waals surface area contributed by atoms with Crippen molar-refractivity contribution >= 4 is 12.0 Å². The van der Waals surface area contributed by atoms with Gasteiger partial charge in [0.05, 0.1) is 5.56 Å². The van der Waals surface area contributed by atoms with Crippen LogP contribution in [0.25, 0.3) is 0 Å². The van der Waals surface area contributed by atoms with Crippen molar-refractivity contribution in [2.24, 2.45) is 0 Å². The van der Waals surface area contributed by atoms with Gasteiger partial charge in [0.25, 0.3) is 0 Å². The minimum Gasteiger partial charge on any atom is -0.364 e. The number of rotatable bonds is 2. The summed E-state index contributed by atoms with van der Waals surface area (Å²) < 4.78 is 13.9. The van der Waals surface area contributed by atoms with Gasteiger partial charge < -0.3 is 4.90 Å². The molecule has 19 heavy (non-hydrogen) atoms. The number of hydrogen-bond donors (Lipinski definition) is 0. The predicted octanol–water partition coefficient (Wildman–Crippen LogP) is 4.14. The Hall–Kier alpha value is -1.38. The molecule has 0 spiro atoms. The lowest BCUT2D eigenvalue weighted by atomic mass is 9.79. The summed E-state index contributed by atoms with van der Waals surface area (Å²) >= 11 is 0. The Bertz CT molecular complexity index is 508. The highest BCUT2D eigenvalue weighted by Crippen LogP contribution is 2.44. The zero-order valence-corrected chi connectivity index (χ0v) is 12.3. The van der Waals surface area contributed by atoms with Gasteiger partial charge in [-0.2, -0.15) is 0 Å². The van der Waals surface area contributed by atoms with E-state index in [0.717, 1.165) is 17.7 Å². The second-order valence-corrected chi connectivity index (χ2v) is 6.43. The highest BCUT2D eigenvalue weighted by Gasteiger charge is 2.38. The number of aldehydes is 1. The number of nitrogens with zero attached hydrogens (tertiary/aromatic N) is 1. The fourth-order valence-corrected chi connectivity index (χ4v) is 3.55. The van der Waals surface area contributed by atoms with Gasteiger partial charge in [-0.25, -0.2) is 4.39 Å². The molecule has 1 heterocycles. The number of hydrogen-bond acceptors (Lipinski definition) is 2. The van der Waals surface area contributed by atoms with Crippen LogP contribution >= 0.6 is 0 Å². The van der Waals surface area contributed by atoms with E-state index in [1.807, 2.05) is 0 Å². The van der Waals surface area contributed by atoms with E-state index in [0.29, 0.717) is 18.2 Å². The van der Waals surface area contributed by atoms with Crippen LogP contribution in [-0.2, 0) is 0 Å². The molecule has 0 saturated carbocycles. The van der Waals surface area contributed by atoms with Gasteiger partial charge in [0.1, 0.15) is 5.82 Å². The Morgan fingerprint density at radius 1 is 1.42 bits per heavy atom. The first kappa shape index (κ1) is 14.0. The maximum absolute atomic E-state index is 13.9. The zero-order chi connectivity index (χ0) is 14.4. The van der Waals surface area contributed by atoms with Crippen LogP contribution in [0.2, 0.25) is 0 Å². The second-order valence-electron chi connectivity index (χ2n) is 6.43. The minimum atomic E-state index is -0.427. The smallest absolute Gasteiger partial charge is 0.153 e. The molecule has 0 amide bonds. The number of halogens is 1. The van der Waals surface area contributed by atoms with E-state index < -0.39 is 5.82 Å². The fourth-order valence-electron chi connectivity index (χ4n) is 3.55. The molecule has 0 bridgehead atoms. The first-order valence-electron chi connectivity index (χ1n) is 6.86. The molecule has 0 saturated heterocycles. The van der Waals surface area contributed by atoms with E-state index in [1.54, 1.807) is 6.07 Å². The van der Waals surface area contributed by atoms with Crippen molar-refractivity contribution in [1.29, 1.82) is 0 Å². The summed E-state index contributed by atoms with van der Waals surface area (Å²) in [6, 6.07) is 3.53. The molecule has 1 aromatic rings. The standard InChI is InChI=1S/C16H22FNO/c1-10(2)18-15-7-14(17)12(9-19)6-13(15)11(3)8-16(18,4)5/h6-7,9-11H,8H2,1-5H3. The SMILES string of the molecule is CC1CC(C)(C)N(C(C)C)c2cc(F)c(C=O)cc21. The van der Waals surface area contributed by atoms with Crippen LogP contribution in [-0.4, -0.2) is 17.9 Å². The fraction of sp³-hybridized carbons (Fsp3) is 0.562. The summed E-state index contributed by atoms with van der Waals surface area (Å²) in [7, 11) is 0. The molecule has 1 aromatic carbocycles. The summed E-state index contributed by atoms with van der Waals surface area (Å²) in [6.07, 6.45) is 1.60. The first-order valence-corrected chi connectivity index (χ1v) is 6.86. The molecule has 104 valence electrons.